The Morgan fingerprint density at radius 2 is 1.78 bits per heavy atom. The van der Waals surface area contributed by atoms with Gasteiger partial charge in [-0.15, -0.1) is 11.8 Å². The van der Waals surface area contributed by atoms with Gasteiger partial charge < -0.3 is 5.11 Å². The maximum Gasteiger partial charge on any atom is 0.415 e. The number of thioether (sulfide) groups is 1. The monoisotopic (exact) mass is 300 g/mol. The van der Waals surface area contributed by atoms with Gasteiger partial charge in [-0.2, -0.15) is 13.2 Å². The van der Waals surface area contributed by atoms with Crippen LogP contribution < -0.4 is 0 Å². The summed E-state index contributed by atoms with van der Waals surface area (Å²) in [6.07, 6.45) is -5.99. The van der Waals surface area contributed by atoms with Gasteiger partial charge in [-0.3, -0.25) is 0 Å². The van der Waals surface area contributed by atoms with E-state index in [1.54, 1.807) is 0 Å². The standard InChI is InChI=1S/C10H11F3O3S2/c1-18(15,16)8-4-2-7(3-5-8)17-6-9(14)10(11,12)13/h2-5,9,14H,6H2,1H3. The van der Waals surface area contributed by atoms with E-state index in [4.69, 9.17) is 5.11 Å². The molecule has 0 aromatic heterocycles. The summed E-state index contributed by atoms with van der Waals surface area (Å²) in [4.78, 5) is 0.564. The lowest BCUT2D eigenvalue weighted by atomic mass is 10.4. The summed E-state index contributed by atoms with van der Waals surface area (Å²) in [7, 11) is -3.31. The van der Waals surface area contributed by atoms with Gasteiger partial charge in [0.2, 0.25) is 0 Å². The first-order chi connectivity index (χ1) is 8.10. The van der Waals surface area contributed by atoms with E-state index < -0.39 is 27.9 Å². The summed E-state index contributed by atoms with van der Waals surface area (Å²) in [6.45, 7) is 0. The van der Waals surface area contributed by atoms with Crippen molar-refractivity contribution >= 4 is 21.6 Å². The minimum Gasteiger partial charge on any atom is -0.383 e. The lowest BCUT2D eigenvalue weighted by Crippen LogP contribution is -2.30. The molecular weight excluding hydrogens is 289 g/mol. The zero-order valence-electron chi connectivity index (χ0n) is 9.31. The summed E-state index contributed by atoms with van der Waals surface area (Å²) in [5.41, 5.74) is 0. The lowest BCUT2D eigenvalue weighted by Gasteiger charge is -2.13. The average Bonchev–Trinajstić information content (AvgIpc) is 2.24. The van der Waals surface area contributed by atoms with E-state index in [2.05, 4.69) is 0 Å². The summed E-state index contributed by atoms with van der Waals surface area (Å²) in [6, 6.07) is 5.45. The highest BCUT2D eigenvalue weighted by Gasteiger charge is 2.37. The van der Waals surface area contributed by atoms with E-state index in [0.717, 1.165) is 18.0 Å². The quantitative estimate of drug-likeness (QED) is 0.865. The molecule has 1 unspecified atom stereocenters. The van der Waals surface area contributed by atoms with E-state index in [9.17, 15) is 21.6 Å². The van der Waals surface area contributed by atoms with Crippen LogP contribution in [-0.4, -0.2) is 37.8 Å². The first-order valence-corrected chi connectivity index (χ1v) is 7.66. The molecule has 1 aromatic rings. The SMILES string of the molecule is CS(=O)(=O)c1ccc(SCC(O)C(F)(F)F)cc1. The Bertz CT molecular complexity index is 494. The predicted molar refractivity (Wildman–Crippen MR) is 62.3 cm³/mol. The molecule has 1 atom stereocenters. The van der Waals surface area contributed by atoms with Crippen molar-refractivity contribution in [3.63, 3.8) is 0 Å². The second-order valence-electron chi connectivity index (χ2n) is 3.61. The third kappa shape index (κ3) is 4.51. The maximum atomic E-state index is 12.0. The van der Waals surface area contributed by atoms with Crippen molar-refractivity contribution in [1.82, 2.24) is 0 Å². The first kappa shape index (κ1) is 15.3. The van der Waals surface area contributed by atoms with Crippen LogP contribution in [0.25, 0.3) is 0 Å². The second kappa shape index (κ2) is 5.50. The molecule has 8 heteroatoms. The Labute approximate surface area is 107 Å². The number of aliphatic hydroxyl groups is 1. The van der Waals surface area contributed by atoms with E-state index in [0.29, 0.717) is 4.90 Å². The predicted octanol–water partition coefficient (Wildman–Crippen LogP) is 2.11. The highest BCUT2D eigenvalue weighted by atomic mass is 32.2. The third-order valence-electron chi connectivity index (χ3n) is 2.04. The Kier molecular flexibility index (Phi) is 4.68. The molecule has 0 heterocycles. The molecule has 1 rings (SSSR count). The van der Waals surface area contributed by atoms with Crippen LogP contribution in [0.3, 0.4) is 0 Å². The lowest BCUT2D eigenvalue weighted by molar-refractivity contribution is -0.195. The fourth-order valence-electron chi connectivity index (χ4n) is 1.05. The van der Waals surface area contributed by atoms with E-state index in [1.807, 2.05) is 0 Å². The molecule has 0 amide bonds. The van der Waals surface area contributed by atoms with Crippen LogP contribution in [-0.2, 0) is 9.84 Å². The highest BCUT2D eigenvalue weighted by molar-refractivity contribution is 7.99. The van der Waals surface area contributed by atoms with Gasteiger partial charge in [0.05, 0.1) is 4.90 Å². The van der Waals surface area contributed by atoms with Crippen LogP contribution in [0.1, 0.15) is 0 Å². The molecule has 0 bridgehead atoms. The topological polar surface area (TPSA) is 54.4 Å². The molecule has 0 aliphatic heterocycles. The molecule has 1 aromatic carbocycles. The average molecular weight is 300 g/mol. The van der Waals surface area contributed by atoms with Crippen molar-refractivity contribution in [2.75, 3.05) is 12.0 Å². The normalized spacial score (nSPS) is 14.5. The minimum atomic E-state index is -4.64. The van der Waals surface area contributed by atoms with Gasteiger partial charge in [0.25, 0.3) is 0 Å². The van der Waals surface area contributed by atoms with Gasteiger partial charge in [-0.25, -0.2) is 8.42 Å². The highest BCUT2D eigenvalue weighted by Crippen LogP contribution is 2.27. The fraction of sp³-hybridized carbons (Fsp3) is 0.400. The van der Waals surface area contributed by atoms with Crippen LogP contribution >= 0.6 is 11.8 Å². The summed E-state index contributed by atoms with van der Waals surface area (Å²) >= 11 is 0.810. The van der Waals surface area contributed by atoms with Gasteiger partial charge in [0, 0.05) is 16.9 Å². The summed E-state index contributed by atoms with van der Waals surface area (Å²) in [5.74, 6) is -0.526. The number of hydrogen-bond donors (Lipinski definition) is 1. The smallest absolute Gasteiger partial charge is 0.383 e. The summed E-state index contributed by atoms with van der Waals surface area (Å²) < 4.78 is 58.4. The zero-order valence-corrected chi connectivity index (χ0v) is 10.9. The first-order valence-electron chi connectivity index (χ1n) is 4.78. The maximum absolute atomic E-state index is 12.0. The van der Waals surface area contributed by atoms with Crippen molar-refractivity contribution in [2.24, 2.45) is 0 Å². The van der Waals surface area contributed by atoms with Crippen LogP contribution in [0.5, 0.6) is 0 Å². The summed E-state index contributed by atoms with van der Waals surface area (Å²) in [5, 5.41) is 8.79. The van der Waals surface area contributed by atoms with Gasteiger partial charge in [0.1, 0.15) is 0 Å². The molecule has 0 fully saturated rings. The van der Waals surface area contributed by atoms with Gasteiger partial charge >= 0.3 is 6.18 Å². The molecule has 0 saturated carbocycles. The van der Waals surface area contributed by atoms with Crippen LogP contribution in [0.15, 0.2) is 34.1 Å². The molecule has 18 heavy (non-hydrogen) atoms. The molecule has 102 valence electrons. The molecule has 1 N–H and O–H groups in total. The Morgan fingerprint density at radius 3 is 2.17 bits per heavy atom. The number of hydrogen-bond acceptors (Lipinski definition) is 4. The molecule has 0 aliphatic rings. The van der Waals surface area contributed by atoms with E-state index >= 15 is 0 Å². The largest absolute Gasteiger partial charge is 0.415 e. The second-order valence-corrected chi connectivity index (χ2v) is 6.72. The molecule has 0 saturated heterocycles. The fourth-order valence-corrected chi connectivity index (χ4v) is 2.55. The van der Waals surface area contributed by atoms with Crippen LogP contribution in [0, 0.1) is 0 Å². The third-order valence-corrected chi connectivity index (χ3v) is 4.25. The number of rotatable bonds is 4. The number of benzene rings is 1. The zero-order chi connectivity index (χ0) is 14.0. The van der Waals surface area contributed by atoms with Crippen molar-refractivity contribution in [3.05, 3.63) is 24.3 Å². The molecule has 0 aliphatic carbocycles. The molecule has 3 nitrogen and oxygen atoms in total. The van der Waals surface area contributed by atoms with Crippen molar-refractivity contribution in [3.8, 4) is 0 Å². The number of aliphatic hydroxyl groups excluding tert-OH is 1. The number of alkyl halides is 3. The van der Waals surface area contributed by atoms with Gasteiger partial charge in [-0.05, 0) is 24.3 Å². The molecule has 0 radical (unpaired) electrons. The van der Waals surface area contributed by atoms with Crippen molar-refractivity contribution in [1.29, 1.82) is 0 Å². The number of sulfone groups is 1. The van der Waals surface area contributed by atoms with Gasteiger partial charge in [-0.1, -0.05) is 0 Å². The Balaban J connectivity index is 2.66. The van der Waals surface area contributed by atoms with Crippen molar-refractivity contribution in [2.45, 2.75) is 22.1 Å². The molecular formula is C10H11F3O3S2. The minimum absolute atomic E-state index is 0.100. The van der Waals surface area contributed by atoms with Gasteiger partial charge in [0.15, 0.2) is 15.9 Å². The Morgan fingerprint density at radius 1 is 1.28 bits per heavy atom. The van der Waals surface area contributed by atoms with E-state index in [-0.39, 0.29) is 4.90 Å². The van der Waals surface area contributed by atoms with Crippen molar-refractivity contribution < 1.29 is 26.7 Å². The van der Waals surface area contributed by atoms with Crippen LogP contribution in [0.4, 0.5) is 13.2 Å². The number of halogens is 3. The van der Waals surface area contributed by atoms with E-state index in [1.165, 1.54) is 24.3 Å². The van der Waals surface area contributed by atoms with Crippen LogP contribution in [0.2, 0.25) is 0 Å². The Hall–Kier alpha value is -0.730. The molecule has 0 spiro atoms.